The van der Waals surface area contributed by atoms with Crippen molar-refractivity contribution in [1.82, 2.24) is 4.98 Å². The summed E-state index contributed by atoms with van der Waals surface area (Å²) in [6, 6.07) is 5.47. The van der Waals surface area contributed by atoms with Gasteiger partial charge in [0.05, 0.1) is 13.7 Å². The molecule has 24 heavy (non-hydrogen) atoms. The van der Waals surface area contributed by atoms with Crippen LogP contribution < -0.4 is 14.8 Å². The average molecular weight is 328 g/mol. The Hall–Kier alpha value is -2.56. The Balaban J connectivity index is 2.39. The van der Waals surface area contributed by atoms with E-state index in [1.54, 1.807) is 19.2 Å². The summed E-state index contributed by atoms with van der Waals surface area (Å²) in [7, 11) is 1.64. The summed E-state index contributed by atoms with van der Waals surface area (Å²) in [6.07, 6.45) is 0. The largest absolute Gasteiger partial charge is 0.496 e. The van der Waals surface area contributed by atoms with Gasteiger partial charge in [-0.3, -0.25) is 4.79 Å². The molecule has 0 atom stereocenters. The number of carbonyl (C=O) groups is 1. The zero-order chi connectivity index (χ0) is 17.9. The van der Waals surface area contributed by atoms with Gasteiger partial charge in [0.15, 0.2) is 0 Å². The van der Waals surface area contributed by atoms with E-state index in [2.05, 4.69) is 10.3 Å². The Kier molecular flexibility index (Phi) is 5.44. The van der Waals surface area contributed by atoms with Crippen molar-refractivity contribution < 1.29 is 14.3 Å². The van der Waals surface area contributed by atoms with E-state index in [1.807, 2.05) is 40.7 Å². The van der Waals surface area contributed by atoms with E-state index in [1.165, 1.54) is 0 Å². The number of carbonyl (C=O) groups excluding carboxylic acids is 1. The van der Waals surface area contributed by atoms with Gasteiger partial charge in [-0.15, -0.1) is 0 Å². The molecule has 0 fully saturated rings. The lowest BCUT2D eigenvalue weighted by Gasteiger charge is -2.17. The van der Waals surface area contributed by atoms with Crippen molar-refractivity contribution in [2.75, 3.05) is 19.0 Å². The van der Waals surface area contributed by atoms with E-state index in [0.29, 0.717) is 18.1 Å². The van der Waals surface area contributed by atoms with E-state index in [0.717, 1.165) is 33.8 Å². The van der Waals surface area contributed by atoms with Crippen molar-refractivity contribution in [3.63, 3.8) is 0 Å². The van der Waals surface area contributed by atoms with E-state index in [9.17, 15) is 4.79 Å². The quantitative estimate of drug-likeness (QED) is 0.902. The molecule has 5 nitrogen and oxygen atoms in total. The molecule has 0 aliphatic rings. The van der Waals surface area contributed by atoms with Crippen molar-refractivity contribution in [2.24, 2.45) is 0 Å². The average Bonchev–Trinajstić information content (AvgIpc) is 2.55. The molecular weight excluding hydrogens is 304 g/mol. The maximum Gasteiger partial charge on any atom is 0.261 e. The van der Waals surface area contributed by atoms with Crippen LogP contribution in [0, 0.1) is 27.7 Å². The number of hydrogen-bond donors (Lipinski definition) is 1. The van der Waals surface area contributed by atoms with Gasteiger partial charge in [0, 0.05) is 11.4 Å². The van der Waals surface area contributed by atoms with Crippen LogP contribution in [0.25, 0.3) is 0 Å². The standard InChI is InChI=1S/C19H24N2O3/c1-7-24-19-15(9-8-12(3)20-19)18(22)21-17-11(2)10-16(23-6)13(4)14(17)5/h8-10H,7H2,1-6H3,(H,21,22). The van der Waals surface area contributed by atoms with Crippen LogP contribution in [-0.4, -0.2) is 24.6 Å². The molecule has 1 aromatic carbocycles. The fourth-order valence-corrected chi connectivity index (χ4v) is 2.58. The lowest BCUT2D eigenvalue weighted by atomic mass is 10.0. The molecule has 0 radical (unpaired) electrons. The van der Waals surface area contributed by atoms with Crippen molar-refractivity contribution in [3.8, 4) is 11.6 Å². The highest BCUT2D eigenvalue weighted by Crippen LogP contribution is 2.31. The number of nitrogens with one attached hydrogen (secondary N) is 1. The van der Waals surface area contributed by atoms with Crippen LogP contribution >= 0.6 is 0 Å². The molecule has 0 saturated carbocycles. The number of nitrogens with zero attached hydrogens (tertiary/aromatic N) is 1. The van der Waals surface area contributed by atoms with E-state index < -0.39 is 0 Å². The first-order chi connectivity index (χ1) is 11.4. The molecule has 1 amide bonds. The molecule has 5 heteroatoms. The van der Waals surface area contributed by atoms with E-state index in [4.69, 9.17) is 9.47 Å². The summed E-state index contributed by atoms with van der Waals surface area (Å²) in [4.78, 5) is 17.0. The Morgan fingerprint density at radius 1 is 1.17 bits per heavy atom. The summed E-state index contributed by atoms with van der Waals surface area (Å²) < 4.78 is 10.9. The number of methoxy groups -OCH3 is 1. The fraction of sp³-hybridized carbons (Fsp3) is 0.368. The second-order valence-electron chi connectivity index (χ2n) is 5.71. The van der Waals surface area contributed by atoms with Gasteiger partial charge >= 0.3 is 0 Å². The summed E-state index contributed by atoms with van der Waals surface area (Å²) in [5.74, 6) is 0.937. The first-order valence-corrected chi connectivity index (χ1v) is 7.95. The van der Waals surface area contributed by atoms with Gasteiger partial charge in [0.25, 0.3) is 5.91 Å². The number of hydrogen-bond acceptors (Lipinski definition) is 4. The Bertz CT molecular complexity index is 770. The van der Waals surface area contributed by atoms with E-state index in [-0.39, 0.29) is 5.91 Å². The molecule has 1 N–H and O–H groups in total. The molecule has 2 aromatic rings. The number of ether oxygens (including phenoxy) is 2. The molecule has 0 saturated heterocycles. The zero-order valence-electron chi connectivity index (χ0n) is 15.1. The zero-order valence-corrected chi connectivity index (χ0v) is 15.1. The number of rotatable bonds is 5. The predicted molar refractivity (Wildman–Crippen MR) is 95.3 cm³/mol. The van der Waals surface area contributed by atoms with Gasteiger partial charge in [-0.2, -0.15) is 0 Å². The number of anilines is 1. The van der Waals surface area contributed by atoms with Crippen LogP contribution in [0.4, 0.5) is 5.69 Å². The highest BCUT2D eigenvalue weighted by Gasteiger charge is 2.18. The molecule has 0 unspecified atom stereocenters. The maximum absolute atomic E-state index is 12.7. The normalized spacial score (nSPS) is 10.4. The highest BCUT2D eigenvalue weighted by molar-refractivity contribution is 6.06. The maximum atomic E-state index is 12.7. The third-order valence-corrected chi connectivity index (χ3v) is 4.03. The minimum atomic E-state index is -0.235. The molecule has 128 valence electrons. The lowest BCUT2D eigenvalue weighted by molar-refractivity contribution is 0.102. The summed E-state index contributed by atoms with van der Waals surface area (Å²) in [5.41, 5.74) is 4.96. The van der Waals surface area contributed by atoms with E-state index >= 15 is 0 Å². The molecule has 2 rings (SSSR count). The van der Waals surface area contributed by atoms with Gasteiger partial charge < -0.3 is 14.8 Å². The smallest absolute Gasteiger partial charge is 0.261 e. The number of benzene rings is 1. The highest BCUT2D eigenvalue weighted by atomic mass is 16.5. The third kappa shape index (κ3) is 3.50. The van der Waals surface area contributed by atoms with Gasteiger partial charge in [0.1, 0.15) is 11.3 Å². The number of aryl methyl sites for hydroxylation is 2. The molecule has 1 heterocycles. The van der Waals surface area contributed by atoms with Crippen LogP contribution in [0.2, 0.25) is 0 Å². The van der Waals surface area contributed by atoms with Crippen molar-refractivity contribution in [1.29, 1.82) is 0 Å². The van der Waals surface area contributed by atoms with Crippen LogP contribution in [0.5, 0.6) is 11.6 Å². The molecule has 0 aliphatic carbocycles. The predicted octanol–water partition coefficient (Wildman–Crippen LogP) is 3.97. The van der Waals surface area contributed by atoms with Gasteiger partial charge in [-0.1, -0.05) is 0 Å². The Labute approximate surface area is 143 Å². The summed E-state index contributed by atoms with van der Waals surface area (Å²) >= 11 is 0. The van der Waals surface area contributed by atoms with Crippen LogP contribution in [0.3, 0.4) is 0 Å². The second-order valence-corrected chi connectivity index (χ2v) is 5.71. The first kappa shape index (κ1) is 17.8. The Morgan fingerprint density at radius 2 is 1.88 bits per heavy atom. The Morgan fingerprint density at radius 3 is 2.50 bits per heavy atom. The second kappa shape index (κ2) is 7.34. The minimum Gasteiger partial charge on any atom is -0.496 e. The number of pyridine rings is 1. The monoisotopic (exact) mass is 328 g/mol. The first-order valence-electron chi connectivity index (χ1n) is 7.95. The van der Waals surface area contributed by atoms with Crippen molar-refractivity contribution in [2.45, 2.75) is 34.6 Å². The summed E-state index contributed by atoms with van der Waals surface area (Å²) in [6.45, 7) is 10.1. The number of amides is 1. The number of aromatic nitrogens is 1. The minimum absolute atomic E-state index is 0.235. The van der Waals surface area contributed by atoms with Crippen molar-refractivity contribution >= 4 is 11.6 Å². The van der Waals surface area contributed by atoms with Crippen molar-refractivity contribution in [3.05, 3.63) is 46.1 Å². The molecule has 0 spiro atoms. The van der Waals surface area contributed by atoms with Crippen LogP contribution in [0.15, 0.2) is 18.2 Å². The topological polar surface area (TPSA) is 60.5 Å². The van der Waals surface area contributed by atoms with Gasteiger partial charge in [-0.25, -0.2) is 4.98 Å². The molecule has 0 bridgehead atoms. The summed E-state index contributed by atoms with van der Waals surface area (Å²) in [5, 5.41) is 2.99. The molecule has 1 aromatic heterocycles. The van der Waals surface area contributed by atoms with Gasteiger partial charge in [0.2, 0.25) is 5.88 Å². The lowest BCUT2D eigenvalue weighted by Crippen LogP contribution is -2.16. The fourth-order valence-electron chi connectivity index (χ4n) is 2.58. The third-order valence-electron chi connectivity index (χ3n) is 4.03. The molecule has 0 aliphatic heterocycles. The van der Waals surface area contributed by atoms with Gasteiger partial charge in [-0.05, 0) is 69.5 Å². The SMILES string of the molecule is CCOc1nc(C)ccc1C(=O)Nc1c(C)cc(OC)c(C)c1C. The van der Waals surface area contributed by atoms with Crippen LogP contribution in [0.1, 0.15) is 39.7 Å². The van der Waals surface area contributed by atoms with Crippen LogP contribution in [-0.2, 0) is 0 Å². The molecular formula is C19H24N2O3.